The number of nitrogens with zero attached hydrogens (tertiary/aromatic N) is 2. The van der Waals surface area contributed by atoms with Crippen LogP contribution in [0, 0.1) is 19.3 Å². The Labute approximate surface area is 183 Å². The largest absolute Gasteiger partial charge is 0.488 e. The zero-order valence-electron chi connectivity index (χ0n) is 18.9. The van der Waals surface area contributed by atoms with E-state index in [0.29, 0.717) is 6.42 Å². The summed E-state index contributed by atoms with van der Waals surface area (Å²) in [4.78, 5) is 20.2. The van der Waals surface area contributed by atoms with Crippen LogP contribution in [0.2, 0.25) is 0 Å². The van der Waals surface area contributed by atoms with Gasteiger partial charge in [0.25, 0.3) is 0 Å². The van der Waals surface area contributed by atoms with Gasteiger partial charge in [-0.2, -0.15) is 0 Å². The maximum Gasteiger partial charge on any atom is 0.155 e. The quantitative estimate of drug-likeness (QED) is 0.575. The van der Waals surface area contributed by atoms with Crippen LogP contribution >= 0.6 is 15.9 Å². The lowest BCUT2D eigenvalue weighted by Crippen LogP contribution is -2.50. The molecule has 0 bridgehead atoms. The summed E-state index contributed by atoms with van der Waals surface area (Å²) in [5.74, 6) is 1.13. The lowest BCUT2D eigenvalue weighted by atomic mass is 9.84. The summed E-state index contributed by atoms with van der Waals surface area (Å²) < 4.78 is 7.53. The number of benzene rings is 1. The van der Waals surface area contributed by atoms with Gasteiger partial charge in [-0.1, -0.05) is 26.8 Å². The minimum Gasteiger partial charge on any atom is -0.488 e. The SMILES string of the molecule is Cc1cc(O[C@@H]2CC(C(=O)C(C)(C)C)N(C(C)(C)C)C2)c2ccc(C)c(Br)c2n1. The van der Waals surface area contributed by atoms with Crippen LogP contribution in [0.4, 0.5) is 0 Å². The molecule has 3 rings (SSSR count). The molecule has 1 fully saturated rings. The number of aryl methyl sites for hydroxylation is 2. The molecule has 0 saturated carbocycles. The maximum absolute atomic E-state index is 13.2. The van der Waals surface area contributed by atoms with Crippen LogP contribution in [-0.4, -0.2) is 39.9 Å². The second-order valence-electron chi connectivity index (χ2n) is 10.3. The molecule has 0 spiro atoms. The van der Waals surface area contributed by atoms with Crippen LogP contribution in [0.1, 0.15) is 59.2 Å². The number of hydrogen-bond donors (Lipinski definition) is 0. The summed E-state index contributed by atoms with van der Waals surface area (Å²) in [5.41, 5.74) is 2.53. The second-order valence-corrected chi connectivity index (χ2v) is 11.1. The third kappa shape index (κ3) is 4.51. The van der Waals surface area contributed by atoms with E-state index in [-0.39, 0.29) is 28.9 Å². The molecule has 4 nitrogen and oxygen atoms in total. The van der Waals surface area contributed by atoms with E-state index < -0.39 is 0 Å². The minimum atomic E-state index is -0.370. The number of pyridine rings is 1. The number of hydrogen-bond acceptors (Lipinski definition) is 4. The van der Waals surface area contributed by atoms with Gasteiger partial charge >= 0.3 is 0 Å². The van der Waals surface area contributed by atoms with Gasteiger partial charge in [-0.3, -0.25) is 14.7 Å². The predicted molar refractivity (Wildman–Crippen MR) is 123 cm³/mol. The Hall–Kier alpha value is -1.46. The molecule has 29 heavy (non-hydrogen) atoms. The lowest BCUT2D eigenvalue weighted by Gasteiger charge is -2.38. The standard InChI is InChI=1S/C24H33BrN2O2/c1-14-9-10-17-19(11-15(2)26-21(17)20(14)25)29-16-12-18(22(28)23(3,4)5)27(13-16)24(6,7)8/h9-11,16,18H,12-13H2,1-8H3/t16-,18?/m1/s1. The van der Waals surface area contributed by atoms with Crippen molar-refractivity contribution in [3.63, 3.8) is 0 Å². The normalized spacial score (nSPS) is 21.0. The number of aromatic nitrogens is 1. The van der Waals surface area contributed by atoms with Gasteiger partial charge in [0, 0.05) is 45.5 Å². The number of halogens is 1. The first-order chi connectivity index (χ1) is 13.3. The number of carbonyl (C=O) groups excluding carboxylic acids is 1. The van der Waals surface area contributed by atoms with Crippen LogP contribution in [-0.2, 0) is 4.79 Å². The van der Waals surface area contributed by atoms with Gasteiger partial charge in [0.05, 0.1) is 11.6 Å². The van der Waals surface area contributed by atoms with Crippen LogP contribution in [0.15, 0.2) is 22.7 Å². The van der Waals surface area contributed by atoms with E-state index in [1.54, 1.807) is 0 Å². The second kappa shape index (κ2) is 7.66. The molecule has 2 aromatic rings. The molecule has 0 radical (unpaired) electrons. The van der Waals surface area contributed by atoms with Crippen molar-refractivity contribution in [3.05, 3.63) is 33.9 Å². The first-order valence-electron chi connectivity index (χ1n) is 10.3. The summed E-state index contributed by atoms with van der Waals surface area (Å²) in [6.07, 6.45) is 0.680. The van der Waals surface area contributed by atoms with Crippen molar-refractivity contribution in [2.24, 2.45) is 5.41 Å². The highest BCUT2D eigenvalue weighted by atomic mass is 79.9. The fraction of sp³-hybridized carbons (Fsp3) is 0.583. The Kier molecular flexibility index (Phi) is 5.87. The fourth-order valence-corrected chi connectivity index (χ4v) is 4.53. The van der Waals surface area contributed by atoms with Crippen molar-refractivity contribution in [3.8, 4) is 5.75 Å². The monoisotopic (exact) mass is 460 g/mol. The summed E-state index contributed by atoms with van der Waals surface area (Å²) >= 11 is 3.68. The van der Waals surface area contributed by atoms with Gasteiger partial charge in [-0.25, -0.2) is 0 Å². The van der Waals surface area contributed by atoms with Gasteiger partial charge in [0.15, 0.2) is 5.78 Å². The van der Waals surface area contributed by atoms with Gasteiger partial charge in [0.1, 0.15) is 11.9 Å². The molecular weight excluding hydrogens is 428 g/mol. The summed E-state index contributed by atoms with van der Waals surface area (Å²) in [6, 6.07) is 6.04. The molecule has 0 aliphatic carbocycles. The number of ketones is 1. The lowest BCUT2D eigenvalue weighted by molar-refractivity contribution is -0.132. The number of carbonyl (C=O) groups is 1. The van der Waals surface area contributed by atoms with Gasteiger partial charge < -0.3 is 4.74 Å². The van der Waals surface area contributed by atoms with E-state index in [9.17, 15) is 4.79 Å². The van der Waals surface area contributed by atoms with Crippen molar-refractivity contribution < 1.29 is 9.53 Å². The zero-order valence-corrected chi connectivity index (χ0v) is 20.5. The molecule has 1 aliphatic heterocycles. The van der Waals surface area contributed by atoms with Gasteiger partial charge in [-0.05, 0) is 62.2 Å². The molecule has 2 heterocycles. The average Bonchev–Trinajstić information content (AvgIpc) is 3.01. The molecule has 5 heteroatoms. The number of Topliss-reactive ketones (excluding diaryl/α,β-unsaturated/α-hetero) is 1. The highest BCUT2D eigenvalue weighted by Gasteiger charge is 2.45. The minimum absolute atomic E-state index is 0.0318. The Morgan fingerprint density at radius 2 is 1.83 bits per heavy atom. The van der Waals surface area contributed by atoms with E-state index in [1.807, 2.05) is 33.8 Å². The smallest absolute Gasteiger partial charge is 0.155 e. The molecule has 1 aliphatic rings. The third-order valence-electron chi connectivity index (χ3n) is 5.66. The van der Waals surface area contributed by atoms with E-state index >= 15 is 0 Å². The van der Waals surface area contributed by atoms with Crippen LogP contribution < -0.4 is 4.74 Å². The van der Waals surface area contributed by atoms with Gasteiger partial charge in [-0.15, -0.1) is 0 Å². The third-order valence-corrected chi connectivity index (χ3v) is 6.66. The van der Waals surface area contributed by atoms with Crippen LogP contribution in [0.5, 0.6) is 5.75 Å². The molecule has 1 aromatic carbocycles. The summed E-state index contributed by atoms with van der Waals surface area (Å²) in [5, 5.41) is 1.00. The van der Waals surface area contributed by atoms with Gasteiger partial charge in [0.2, 0.25) is 0 Å². The van der Waals surface area contributed by atoms with Crippen molar-refractivity contribution in [2.45, 2.75) is 79.5 Å². The average molecular weight is 461 g/mol. The predicted octanol–water partition coefficient (Wildman–Crippen LogP) is 5.85. The molecule has 1 unspecified atom stereocenters. The Morgan fingerprint density at radius 3 is 2.41 bits per heavy atom. The zero-order chi connectivity index (χ0) is 21.7. The van der Waals surface area contributed by atoms with Crippen molar-refractivity contribution in [2.75, 3.05) is 6.54 Å². The van der Waals surface area contributed by atoms with Crippen molar-refractivity contribution in [1.82, 2.24) is 9.88 Å². The Balaban J connectivity index is 1.95. The number of rotatable bonds is 3. The molecule has 158 valence electrons. The highest BCUT2D eigenvalue weighted by Crippen LogP contribution is 2.37. The fourth-order valence-electron chi connectivity index (χ4n) is 4.10. The highest BCUT2D eigenvalue weighted by molar-refractivity contribution is 9.10. The molecule has 0 N–H and O–H groups in total. The summed E-state index contributed by atoms with van der Waals surface area (Å²) in [7, 11) is 0. The molecular formula is C24H33BrN2O2. The van der Waals surface area contributed by atoms with E-state index in [1.165, 1.54) is 0 Å². The van der Waals surface area contributed by atoms with Crippen LogP contribution in [0.25, 0.3) is 10.9 Å². The number of fused-ring (bicyclic) bond motifs is 1. The first kappa shape index (κ1) is 22.2. The molecule has 2 atom stereocenters. The Bertz CT molecular complexity index is 941. The molecule has 1 saturated heterocycles. The van der Waals surface area contributed by atoms with Crippen molar-refractivity contribution in [1.29, 1.82) is 0 Å². The summed E-state index contributed by atoms with van der Waals surface area (Å²) in [6.45, 7) is 17.3. The maximum atomic E-state index is 13.2. The topological polar surface area (TPSA) is 42.4 Å². The number of likely N-dealkylation sites (tertiary alicyclic amines) is 1. The molecule has 1 aromatic heterocycles. The first-order valence-corrected chi connectivity index (χ1v) is 11.1. The van der Waals surface area contributed by atoms with E-state index in [4.69, 9.17) is 9.72 Å². The van der Waals surface area contributed by atoms with Crippen molar-refractivity contribution >= 4 is 32.6 Å². The number of ether oxygens (including phenoxy) is 1. The van der Waals surface area contributed by atoms with E-state index in [2.05, 4.69) is 60.7 Å². The molecule has 0 amide bonds. The van der Waals surface area contributed by atoms with Crippen LogP contribution in [0.3, 0.4) is 0 Å². The Morgan fingerprint density at radius 1 is 1.17 bits per heavy atom. The van der Waals surface area contributed by atoms with E-state index in [0.717, 1.165) is 38.9 Å².